The number of anilines is 2. The van der Waals surface area contributed by atoms with Crippen molar-refractivity contribution >= 4 is 62.4 Å². The first-order chi connectivity index (χ1) is 22.9. The Hall–Kier alpha value is -3.05. The summed E-state index contributed by atoms with van der Waals surface area (Å²) in [6.07, 6.45) is -5.22. The number of nitrogens with two attached hydrogens (primary N) is 2. The topological polar surface area (TPSA) is 309 Å². The highest BCUT2D eigenvalue weighted by Gasteiger charge is 2.54. The Morgan fingerprint density at radius 1 is 0.917 bits per heavy atom. The van der Waals surface area contributed by atoms with E-state index in [1.54, 1.807) is 0 Å². The number of aliphatic hydroxyl groups is 1. The fourth-order valence-corrected chi connectivity index (χ4v) is 8.19. The SMILES string of the molecule is Nc1nc2c(ncn2[C@@H]2O[C@@H]3COP(=O)(O)OC4C(O)[C@H](n5cnc6c(N)ncnc65)O[C@@H]4COP(=O)(O)OC2C3CCCS)c(=O)[nH]1. The highest BCUT2D eigenvalue weighted by Crippen LogP contribution is 2.55. The number of rotatable bonds is 5. The Bertz CT molecular complexity index is 2000. The minimum Gasteiger partial charge on any atom is -0.386 e. The lowest BCUT2D eigenvalue weighted by atomic mass is 9.93. The molecule has 3 aliphatic heterocycles. The number of phosphoric ester groups is 2. The molecule has 22 nitrogen and oxygen atoms in total. The number of imidazole rings is 2. The van der Waals surface area contributed by atoms with Crippen LogP contribution in [-0.4, -0.2) is 103 Å². The predicted octanol–water partition coefficient (Wildman–Crippen LogP) is -0.376. The Labute approximate surface area is 274 Å². The summed E-state index contributed by atoms with van der Waals surface area (Å²) >= 11 is 4.27. The van der Waals surface area contributed by atoms with Gasteiger partial charge in [0.1, 0.15) is 36.3 Å². The van der Waals surface area contributed by atoms with E-state index in [9.17, 15) is 28.8 Å². The van der Waals surface area contributed by atoms with Gasteiger partial charge in [-0.1, -0.05) is 0 Å². The lowest BCUT2D eigenvalue weighted by Gasteiger charge is -2.27. The summed E-state index contributed by atoms with van der Waals surface area (Å²) in [5.74, 6) is -0.502. The highest BCUT2D eigenvalue weighted by molar-refractivity contribution is 7.80. The number of hydrogen-bond donors (Lipinski definition) is 7. The number of nitrogens with zero attached hydrogens (tertiary/aromatic N) is 7. The first kappa shape index (κ1) is 33.4. The van der Waals surface area contributed by atoms with Gasteiger partial charge in [0.2, 0.25) is 5.95 Å². The molecule has 0 aliphatic carbocycles. The summed E-state index contributed by atoms with van der Waals surface area (Å²) in [6, 6.07) is 0. The highest BCUT2D eigenvalue weighted by atomic mass is 32.1. The average molecular weight is 733 g/mol. The molecule has 25 heteroatoms. The molecule has 10 atom stereocenters. The van der Waals surface area contributed by atoms with Gasteiger partial charge >= 0.3 is 15.6 Å². The van der Waals surface area contributed by atoms with Crippen LogP contribution < -0.4 is 17.0 Å². The molecule has 6 unspecified atom stereocenters. The summed E-state index contributed by atoms with van der Waals surface area (Å²) in [5.41, 5.74) is 11.2. The van der Waals surface area contributed by atoms with E-state index < -0.39 is 83.3 Å². The molecule has 7 rings (SSSR count). The van der Waals surface area contributed by atoms with E-state index in [4.69, 9.17) is 39.0 Å². The summed E-state index contributed by atoms with van der Waals surface area (Å²) < 4.78 is 63.5. The molecule has 3 saturated heterocycles. The molecular weight excluding hydrogens is 702 g/mol. The third-order valence-electron chi connectivity index (χ3n) is 8.20. The summed E-state index contributed by atoms with van der Waals surface area (Å²) in [5, 5.41) is 11.3. The molecule has 2 bridgehead atoms. The summed E-state index contributed by atoms with van der Waals surface area (Å²) in [7, 11) is -10.00. The molecule has 0 saturated carbocycles. The van der Waals surface area contributed by atoms with Crippen molar-refractivity contribution < 1.29 is 51.6 Å². The van der Waals surface area contributed by atoms with Crippen LogP contribution in [0.15, 0.2) is 23.8 Å². The Balaban J connectivity index is 1.23. The molecular formula is C23H30N10O12P2S. The number of fused-ring (bicyclic) bond motifs is 5. The van der Waals surface area contributed by atoms with Gasteiger partial charge < -0.3 is 35.8 Å². The molecule has 48 heavy (non-hydrogen) atoms. The van der Waals surface area contributed by atoms with Crippen LogP contribution in [0.25, 0.3) is 22.3 Å². The first-order valence-electron chi connectivity index (χ1n) is 14.4. The van der Waals surface area contributed by atoms with Crippen LogP contribution in [0.1, 0.15) is 25.3 Å². The van der Waals surface area contributed by atoms with Crippen molar-refractivity contribution in [3.05, 3.63) is 29.3 Å². The number of nitrogens with one attached hydrogen (secondary N) is 1. The van der Waals surface area contributed by atoms with Gasteiger partial charge in [0.15, 0.2) is 35.1 Å². The number of H-pyrrole nitrogens is 1. The van der Waals surface area contributed by atoms with Crippen molar-refractivity contribution in [1.82, 2.24) is 39.0 Å². The van der Waals surface area contributed by atoms with E-state index in [1.807, 2.05) is 0 Å². The second-order valence-corrected chi connectivity index (χ2v) is 14.4. The standard InChI is InChI=1S/C23H30N10O12P2S/c24-17-12-18(27-6-26-17)32(7-28-12)21-14(34)16-11(43-21)5-41-46(36,37)44-15-9(2-1-3-48)10(4-40-47(38,39)45-16)42-22(15)33-8-29-13-19(33)30-23(25)31-20(13)35/h6-11,14-16,21-22,34,48H,1-5H2,(H,36,37)(H,38,39)(H2,24,26,27)(H3,25,30,31,35)/t9?,10-,11-,14?,15?,16?,21-,22-/m1/s1. The van der Waals surface area contributed by atoms with E-state index in [0.717, 1.165) is 0 Å². The molecule has 4 aromatic rings. The van der Waals surface area contributed by atoms with Crippen molar-refractivity contribution in [2.24, 2.45) is 5.92 Å². The van der Waals surface area contributed by atoms with E-state index in [-0.39, 0.29) is 34.1 Å². The van der Waals surface area contributed by atoms with Gasteiger partial charge in [-0.15, -0.1) is 0 Å². The molecule has 260 valence electrons. The lowest BCUT2D eigenvalue weighted by molar-refractivity contribution is -0.0671. The van der Waals surface area contributed by atoms with E-state index in [2.05, 4.69) is 42.5 Å². The van der Waals surface area contributed by atoms with Gasteiger partial charge in [-0.3, -0.25) is 37.0 Å². The number of thiol groups is 1. The van der Waals surface area contributed by atoms with E-state index >= 15 is 0 Å². The molecule has 7 heterocycles. The molecule has 0 radical (unpaired) electrons. The third kappa shape index (κ3) is 6.14. The predicted molar refractivity (Wildman–Crippen MR) is 164 cm³/mol. The van der Waals surface area contributed by atoms with Gasteiger partial charge in [-0.2, -0.15) is 17.6 Å². The minimum absolute atomic E-state index is 0.0170. The first-order valence-corrected chi connectivity index (χ1v) is 18.0. The Morgan fingerprint density at radius 2 is 1.56 bits per heavy atom. The van der Waals surface area contributed by atoms with Crippen molar-refractivity contribution in [1.29, 1.82) is 0 Å². The maximum absolute atomic E-state index is 13.6. The number of aliphatic hydroxyl groups excluding tert-OH is 1. The van der Waals surface area contributed by atoms with Crippen LogP contribution in [0, 0.1) is 5.92 Å². The lowest BCUT2D eigenvalue weighted by Crippen LogP contribution is -2.36. The number of aromatic nitrogens is 8. The monoisotopic (exact) mass is 732 g/mol. The van der Waals surface area contributed by atoms with Crippen LogP contribution in [0.4, 0.5) is 11.8 Å². The number of phosphoric acid groups is 2. The van der Waals surface area contributed by atoms with E-state index in [0.29, 0.717) is 18.6 Å². The van der Waals surface area contributed by atoms with Crippen molar-refractivity contribution in [2.75, 3.05) is 30.4 Å². The van der Waals surface area contributed by atoms with Crippen LogP contribution >= 0.6 is 28.3 Å². The molecule has 0 aromatic carbocycles. The van der Waals surface area contributed by atoms with Gasteiger partial charge in [-0.25, -0.2) is 29.1 Å². The summed E-state index contributed by atoms with van der Waals surface area (Å²) in [6.45, 7) is -1.33. The summed E-state index contributed by atoms with van der Waals surface area (Å²) in [4.78, 5) is 57.0. The largest absolute Gasteiger partial charge is 0.472 e. The van der Waals surface area contributed by atoms with Gasteiger partial charge in [0.25, 0.3) is 5.56 Å². The van der Waals surface area contributed by atoms with Crippen LogP contribution in [0.2, 0.25) is 0 Å². The van der Waals surface area contributed by atoms with Gasteiger partial charge in [0, 0.05) is 5.92 Å². The second kappa shape index (κ2) is 12.7. The van der Waals surface area contributed by atoms with Gasteiger partial charge in [-0.05, 0) is 18.6 Å². The van der Waals surface area contributed by atoms with Crippen molar-refractivity contribution in [3.8, 4) is 0 Å². The molecule has 4 aromatic heterocycles. The third-order valence-corrected chi connectivity index (χ3v) is 10.5. The molecule has 3 fully saturated rings. The molecule has 8 N–H and O–H groups in total. The number of nitrogen functional groups attached to an aromatic ring is 2. The number of hydrogen-bond acceptors (Lipinski definition) is 18. The van der Waals surface area contributed by atoms with Crippen LogP contribution in [-0.2, 0) is 36.7 Å². The number of aromatic amines is 1. The molecule has 3 aliphatic rings. The zero-order valence-corrected chi connectivity index (χ0v) is 27.2. The normalized spacial score (nSPS) is 36.1. The zero-order valence-electron chi connectivity index (χ0n) is 24.5. The smallest absolute Gasteiger partial charge is 0.386 e. The van der Waals surface area contributed by atoms with E-state index in [1.165, 1.54) is 28.1 Å². The van der Waals surface area contributed by atoms with Crippen molar-refractivity contribution in [3.63, 3.8) is 0 Å². The van der Waals surface area contributed by atoms with Crippen LogP contribution in [0.5, 0.6) is 0 Å². The fourth-order valence-electron chi connectivity index (χ4n) is 6.08. The zero-order chi connectivity index (χ0) is 34.0. The minimum atomic E-state index is -5.00. The van der Waals surface area contributed by atoms with Gasteiger partial charge in [0.05, 0.1) is 32.0 Å². The average Bonchev–Trinajstić information content (AvgIpc) is 3.79. The fraction of sp³-hybridized carbons (Fsp3) is 0.565. The maximum Gasteiger partial charge on any atom is 0.472 e. The molecule has 0 amide bonds. The van der Waals surface area contributed by atoms with Crippen molar-refractivity contribution in [2.45, 2.75) is 55.8 Å². The Morgan fingerprint density at radius 3 is 2.29 bits per heavy atom. The van der Waals surface area contributed by atoms with Crippen LogP contribution in [0.3, 0.4) is 0 Å². The molecule has 0 spiro atoms. The maximum atomic E-state index is 13.6. The Kier molecular flexibility index (Phi) is 8.84. The quantitative estimate of drug-likeness (QED) is 0.102. The second-order valence-electron chi connectivity index (χ2n) is 11.2. The number of ether oxygens (including phenoxy) is 2.